The van der Waals surface area contributed by atoms with E-state index in [-0.39, 0.29) is 22.6 Å². The number of benzene rings is 3. The zero-order valence-corrected chi connectivity index (χ0v) is 25.6. The van der Waals surface area contributed by atoms with E-state index < -0.39 is 46.0 Å². The quantitative estimate of drug-likeness (QED) is 0.127. The van der Waals surface area contributed by atoms with E-state index in [0.717, 1.165) is 0 Å². The summed E-state index contributed by atoms with van der Waals surface area (Å²) in [5.74, 6) is -3.30. The van der Waals surface area contributed by atoms with Gasteiger partial charge in [0.25, 0.3) is 11.6 Å². The van der Waals surface area contributed by atoms with Gasteiger partial charge in [0.1, 0.15) is 11.3 Å². The molecule has 0 spiro atoms. The van der Waals surface area contributed by atoms with Gasteiger partial charge < -0.3 is 24.2 Å². The molecule has 0 aliphatic carbocycles. The second-order valence-corrected chi connectivity index (χ2v) is 11.6. The minimum absolute atomic E-state index is 0.131. The van der Waals surface area contributed by atoms with E-state index in [2.05, 4.69) is 0 Å². The second-order valence-electron chi connectivity index (χ2n) is 10.6. The highest BCUT2D eigenvalue weighted by atomic mass is 32.1. The number of thiophene rings is 1. The van der Waals surface area contributed by atoms with Crippen LogP contribution in [0.1, 0.15) is 50.0 Å². The number of nitro groups is 1. The van der Waals surface area contributed by atoms with E-state index in [0.29, 0.717) is 21.9 Å². The van der Waals surface area contributed by atoms with Gasteiger partial charge in [0.05, 0.1) is 38.2 Å². The number of carbonyl (C=O) groups is 3. The molecule has 4 aromatic rings. The number of ether oxygens (including phenoxy) is 3. The minimum Gasteiger partial charge on any atom is -0.497 e. The third-order valence-electron chi connectivity index (χ3n) is 8.34. The van der Waals surface area contributed by atoms with Crippen molar-refractivity contribution in [3.8, 4) is 17.2 Å². The van der Waals surface area contributed by atoms with Crippen molar-refractivity contribution >= 4 is 34.7 Å². The molecule has 1 aliphatic rings. The first kappa shape index (κ1) is 31.2. The molecule has 11 nitrogen and oxygen atoms in total. The van der Waals surface area contributed by atoms with Gasteiger partial charge in [-0.2, -0.15) is 0 Å². The highest BCUT2D eigenvalue weighted by Crippen LogP contribution is 2.58. The van der Waals surface area contributed by atoms with Crippen LogP contribution in [0.25, 0.3) is 0 Å². The molecule has 4 unspecified atom stereocenters. The molecular formula is C33H30N2O9S. The number of amides is 1. The summed E-state index contributed by atoms with van der Waals surface area (Å²) in [5, 5.41) is 24.1. The molecule has 1 fully saturated rings. The molecule has 232 valence electrons. The summed E-state index contributed by atoms with van der Waals surface area (Å²) >= 11 is 1.29. The molecule has 0 radical (unpaired) electrons. The number of carbonyl (C=O) groups excluding carboxylic acids is 2. The van der Waals surface area contributed by atoms with Gasteiger partial charge in [0.2, 0.25) is 0 Å². The van der Waals surface area contributed by atoms with Gasteiger partial charge in [-0.3, -0.25) is 19.7 Å². The number of Topliss-reactive ketones (excluding diaryl/α,β-unsaturated/α-hetero) is 1. The lowest BCUT2D eigenvalue weighted by atomic mass is 9.74. The fraction of sp³-hybridized carbons (Fsp3) is 0.242. The summed E-state index contributed by atoms with van der Waals surface area (Å²) in [7, 11) is 4.39. The van der Waals surface area contributed by atoms with Crippen LogP contribution in [0.15, 0.2) is 84.2 Å². The molecule has 45 heavy (non-hydrogen) atoms. The molecule has 1 aliphatic heterocycles. The smallest absolute Gasteiger partial charge is 0.330 e. The second kappa shape index (κ2) is 12.4. The number of rotatable bonds is 10. The Hall–Kier alpha value is -5.23. The fourth-order valence-electron chi connectivity index (χ4n) is 6.13. The molecule has 12 heteroatoms. The van der Waals surface area contributed by atoms with Crippen molar-refractivity contribution < 1.29 is 38.6 Å². The van der Waals surface area contributed by atoms with Crippen LogP contribution in [0.3, 0.4) is 0 Å². The standard InChI is InChI=1S/C33H30N2O9S/c1-33(32(38)39)28(26-6-5-17-45-26)27(30(36)20-7-12-22(13-8-20)35(40)41)29(19-9-14-23(42-2)15-10-19)34(33)31(37)21-11-16-24(43-3)25(18-21)44-4/h5-18,27-29H,1-4H3,(H,38,39). The summed E-state index contributed by atoms with van der Waals surface area (Å²) in [6.07, 6.45) is 0. The van der Waals surface area contributed by atoms with Crippen LogP contribution in [0.5, 0.6) is 17.2 Å². The summed E-state index contributed by atoms with van der Waals surface area (Å²) < 4.78 is 16.1. The van der Waals surface area contributed by atoms with Gasteiger partial charge in [-0.05, 0) is 66.4 Å². The van der Waals surface area contributed by atoms with Crippen LogP contribution in [-0.4, -0.2) is 59.5 Å². The molecule has 4 atom stereocenters. The number of hydrogen-bond acceptors (Lipinski definition) is 9. The van der Waals surface area contributed by atoms with Crippen molar-refractivity contribution in [1.29, 1.82) is 0 Å². The Bertz CT molecular complexity index is 1740. The zero-order valence-electron chi connectivity index (χ0n) is 24.8. The number of carboxylic acids is 1. The highest BCUT2D eigenvalue weighted by molar-refractivity contribution is 7.10. The number of ketones is 1. The number of nitrogens with zero attached hydrogens (tertiary/aromatic N) is 2. The number of hydrogen-bond donors (Lipinski definition) is 1. The van der Waals surface area contributed by atoms with Crippen LogP contribution in [0.4, 0.5) is 5.69 Å². The highest BCUT2D eigenvalue weighted by Gasteiger charge is 2.65. The van der Waals surface area contributed by atoms with Gasteiger partial charge in [-0.15, -0.1) is 11.3 Å². The molecular weight excluding hydrogens is 600 g/mol. The number of aliphatic carboxylic acids is 1. The van der Waals surface area contributed by atoms with Crippen molar-refractivity contribution in [3.63, 3.8) is 0 Å². The lowest BCUT2D eigenvalue weighted by molar-refractivity contribution is -0.384. The maximum Gasteiger partial charge on any atom is 0.330 e. The summed E-state index contributed by atoms with van der Waals surface area (Å²) in [6.45, 7) is 1.46. The van der Waals surface area contributed by atoms with E-state index in [1.807, 2.05) is 0 Å². The molecule has 1 aromatic heterocycles. The normalized spacial score (nSPS) is 20.8. The summed E-state index contributed by atoms with van der Waals surface area (Å²) in [4.78, 5) is 55.3. The lowest BCUT2D eigenvalue weighted by Crippen LogP contribution is -2.54. The molecule has 0 saturated carbocycles. The predicted octanol–water partition coefficient (Wildman–Crippen LogP) is 6.01. The molecule has 0 bridgehead atoms. The van der Waals surface area contributed by atoms with Crippen molar-refractivity contribution in [2.24, 2.45) is 5.92 Å². The average molecular weight is 631 g/mol. The van der Waals surface area contributed by atoms with Crippen LogP contribution >= 0.6 is 11.3 Å². The predicted molar refractivity (Wildman–Crippen MR) is 165 cm³/mol. The Morgan fingerprint density at radius 2 is 1.53 bits per heavy atom. The van der Waals surface area contributed by atoms with Gasteiger partial charge in [-0.25, -0.2) is 4.79 Å². The number of methoxy groups -OCH3 is 3. The van der Waals surface area contributed by atoms with E-state index in [1.165, 1.54) is 80.9 Å². The number of likely N-dealkylation sites (tertiary alicyclic amines) is 1. The van der Waals surface area contributed by atoms with E-state index in [9.17, 15) is 29.6 Å². The maximum absolute atomic E-state index is 14.6. The molecule has 1 amide bonds. The Morgan fingerprint density at radius 3 is 2.07 bits per heavy atom. The van der Waals surface area contributed by atoms with Crippen LogP contribution in [0, 0.1) is 16.0 Å². The van der Waals surface area contributed by atoms with Gasteiger partial charge in [0.15, 0.2) is 17.3 Å². The molecule has 2 heterocycles. The van der Waals surface area contributed by atoms with Gasteiger partial charge in [0, 0.05) is 34.1 Å². The van der Waals surface area contributed by atoms with E-state index in [4.69, 9.17) is 14.2 Å². The molecule has 1 saturated heterocycles. The topological polar surface area (TPSA) is 146 Å². The number of carboxylic acid groups (broad SMARTS) is 1. The largest absolute Gasteiger partial charge is 0.497 e. The van der Waals surface area contributed by atoms with E-state index in [1.54, 1.807) is 47.8 Å². The molecule has 1 N–H and O–H groups in total. The third kappa shape index (κ3) is 5.37. The Balaban J connectivity index is 1.78. The summed E-state index contributed by atoms with van der Waals surface area (Å²) in [5.41, 5.74) is -1.32. The van der Waals surface area contributed by atoms with Crippen LogP contribution in [0.2, 0.25) is 0 Å². The number of nitro benzene ring substituents is 1. The van der Waals surface area contributed by atoms with Crippen LogP contribution < -0.4 is 14.2 Å². The van der Waals surface area contributed by atoms with Gasteiger partial charge in [-0.1, -0.05) is 18.2 Å². The van der Waals surface area contributed by atoms with Crippen molar-refractivity contribution in [2.45, 2.75) is 24.4 Å². The van der Waals surface area contributed by atoms with Crippen molar-refractivity contribution in [2.75, 3.05) is 21.3 Å². The average Bonchev–Trinajstić information content (AvgIpc) is 3.68. The monoisotopic (exact) mass is 630 g/mol. The van der Waals surface area contributed by atoms with Crippen molar-refractivity contribution in [3.05, 3.63) is 116 Å². The zero-order chi connectivity index (χ0) is 32.5. The van der Waals surface area contributed by atoms with Crippen molar-refractivity contribution in [1.82, 2.24) is 4.90 Å². The van der Waals surface area contributed by atoms with Gasteiger partial charge >= 0.3 is 5.97 Å². The minimum atomic E-state index is -1.92. The fourth-order valence-corrected chi connectivity index (χ4v) is 7.12. The van der Waals surface area contributed by atoms with Crippen LogP contribution in [-0.2, 0) is 4.79 Å². The summed E-state index contributed by atoms with van der Waals surface area (Å²) in [6, 6.07) is 18.9. The maximum atomic E-state index is 14.6. The number of non-ortho nitro benzene ring substituents is 1. The molecule has 3 aromatic carbocycles. The Labute approximate surface area is 262 Å². The SMILES string of the molecule is COc1ccc(C2C(C(=O)c3ccc([N+](=O)[O-])cc3)C(c3cccs3)C(C)(C(=O)O)N2C(=O)c2ccc(OC)c(OC)c2)cc1. The first-order valence-corrected chi connectivity index (χ1v) is 14.7. The first-order valence-electron chi connectivity index (χ1n) is 13.8. The Morgan fingerprint density at radius 1 is 0.889 bits per heavy atom. The lowest BCUT2D eigenvalue weighted by Gasteiger charge is -2.37. The third-order valence-corrected chi connectivity index (χ3v) is 9.29. The Kier molecular flexibility index (Phi) is 8.60. The molecule has 5 rings (SSSR count). The van der Waals surface area contributed by atoms with E-state index >= 15 is 0 Å². The first-order chi connectivity index (χ1) is 21.6.